The monoisotopic (exact) mass is 404 g/mol. The van der Waals surface area contributed by atoms with Crippen molar-refractivity contribution in [2.45, 2.75) is 51.7 Å². The molecule has 25 heavy (non-hydrogen) atoms. The Morgan fingerprint density at radius 2 is 1.96 bits per heavy atom. The van der Waals surface area contributed by atoms with Gasteiger partial charge in [0.05, 0.1) is 6.04 Å². The maximum Gasteiger partial charge on any atom is 0.408 e. The molecule has 1 aromatic carbocycles. The summed E-state index contributed by atoms with van der Waals surface area (Å²) in [7, 11) is 0. The molecule has 4 nitrogen and oxygen atoms in total. The third kappa shape index (κ3) is 7.26. The van der Waals surface area contributed by atoms with Crippen molar-refractivity contribution in [2.24, 2.45) is 0 Å². The molecule has 1 heterocycles. The Labute approximate surface area is 158 Å². The van der Waals surface area contributed by atoms with E-state index in [2.05, 4.69) is 32.3 Å². The average molecular weight is 405 g/mol. The fourth-order valence-electron chi connectivity index (χ4n) is 2.52. The lowest BCUT2D eigenvalue weighted by molar-refractivity contribution is 0.0500. The summed E-state index contributed by atoms with van der Waals surface area (Å²) in [5.74, 6) is 0. The molecule has 0 aliphatic rings. The van der Waals surface area contributed by atoms with Gasteiger partial charge in [-0.05, 0) is 69.4 Å². The molecule has 1 aromatic heterocycles. The number of hydrogen-bond acceptors (Lipinski definition) is 3. The number of aryl methyl sites for hydroxylation is 1. The number of pyridine rings is 1. The lowest BCUT2D eigenvalue weighted by Gasteiger charge is -2.24. The van der Waals surface area contributed by atoms with Gasteiger partial charge in [0.25, 0.3) is 0 Å². The summed E-state index contributed by atoms with van der Waals surface area (Å²) in [6, 6.07) is 12.0. The first-order valence-corrected chi connectivity index (χ1v) is 9.27. The van der Waals surface area contributed by atoms with E-state index in [1.54, 1.807) is 6.20 Å². The van der Waals surface area contributed by atoms with E-state index < -0.39 is 5.60 Å². The SMILES string of the molecule is CC(C)(C)OC(=O)N[C@H](CCCc1cccnc1)c1ccc(Br)cc1. The number of aromatic nitrogens is 1. The maximum atomic E-state index is 12.2. The molecular formula is C20H25BrN2O2. The Morgan fingerprint density at radius 1 is 1.24 bits per heavy atom. The van der Waals surface area contributed by atoms with Crippen molar-refractivity contribution in [1.82, 2.24) is 10.3 Å². The van der Waals surface area contributed by atoms with Gasteiger partial charge in [0, 0.05) is 16.9 Å². The minimum Gasteiger partial charge on any atom is -0.444 e. The largest absolute Gasteiger partial charge is 0.444 e. The highest BCUT2D eigenvalue weighted by atomic mass is 79.9. The molecule has 0 radical (unpaired) electrons. The predicted octanol–water partition coefficient (Wildman–Crippen LogP) is 5.43. The minimum atomic E-state index is -0.510. The van der Waals surface area contributed by atoms with Gasteiger partial charge in [-0.25, -0.2) is 4.79 Å². The summed E-state index contributed by atoms with van der Waals surface area (Å²) in [5, 5.41) is 3.00. The quantitative estimate of drug-likeness (QED) is 0.697. The number of ether oxygens (including phenoxy) is 1. The second-order valence-electron chi connectivity index (χ2n) is 7.00. The van der Waals surface area contributed by atoms with Crippen LogP contribution < -0.4 is 5.32 Å². The molecule has 2 rings (SSSR count). The van der Waals surface area contributed by atoms with Gasteiger partial charge in [0.15, 0.2) is 0 Å². The number of nitrogens with one attached hydrogen (secondary N) is 1. The molecule has 5 heteroatoms. The van der Waals surface area contributed by atoms with Crippen LogP contribution in [-0.2, 0) is 11.2 Å². The number of nitrogens with zero attached hydrogens (tertiary/aromatic N) is 1. The van der Waals surface area contributed by atoms with E-state index in [0.717, 1.165) is 29.3 Å². The van der Waals surface area contributed by atoms with Crippen LogP contribution in [0.15, 0.2) is 53.3 Å². The minimum absolute atomic E-state index is 0.0837. The Balaban J connectivity index is 2.01. The Morgan fingerprint density at radius 3 is 2.56 bits per heavy atom. The smallest absolute Gasteiger partial charge is 0.408 e. The molecule has 0 unspecified atom stereocenters. The van der Waals surface area contributed by atoms with Crippen LogP contribution in [0.4, 0.5) is 4.79 Å². The Hall–Kier alpha value is -1.88. The van der Waals surface area contributed by atoms with E-state index in [4.69, 9.17) is 4.74 Å². The molecule has 0 saturated carbocycles. The molecule has 134 valence electrons. The van der Waals surface area contributed by atoms with Crippen molar-refractivity contribution in [1.29, 1.82) is 0 Å². The van der Waals surface area contributed by atoms with Crippen LogP contribution in [0, 0.1) is 0 Å². The second-order valence-corrected chi connectivity index (χ2v) is 7.92. The first-order valence-electron chi connectivity index (χ1n) is 8.47. The number of benzene rings is 1. The summed E-state index contributed by atoms with van der Waals surface area (Å²) in [6.07, 6.45) is 5.98. The van der Waals surface area contributed by atoms with Gasteiger partial charge >= 0.3 is 6.09 Å². The van der Waals surface area contributed by atoms with E-state index in [0.29, 0.717) is 0 Å². The van der Waals surface area contributed by atoms with Gasteiger partial charge in [-0.2, -0.15) is 0 Å². The van der Waals surface area contributed by atoms with Crippen LogP contribution in [0.5, 0.6) is 0 Å². The first-order chi connectivity index (χ1) is 11.8. The van der Waals surface area contributed by atoms with Gasteiger partial charge < -0.3 is 10.1 Å². The lowest BCUT2D eigenvalue weighted by Crippen LogP contribution is -2.35. The summed E-state index contributed by atoms with van der Waals surface area (Å²) in [5.41, 5.74) is 1.76. The molecule has 0 aliphatic carbocycles. The van der Waals surface area contributed by atoms with Crippen LogP contribution in [0.2, 0.25) is 0 Å². The molecule has 1 atom stereocenters. The van der Waals surface area contributed by atoms with Crippen molar-refractivity contribution in [3.8, 4) is 0 Å². The highest BCUT2D eigenvalue weighted by Gasteiger charge is 2.20. The summed E-state index contributed by atoms with van der Waals surface area (Å²) < 4.78 is 6.43. The maximum absolute atomic E-state index is 12.2. The van der Waals surface area contributed by atoms with Crippen molar-refractivity contribution in [3.05, 3.63) is 64.4 Å². The number of carbonyl (C=O) groups is 1. The second kappa shape index (κ2) is 8.99. The zero-order chi connectivity index (χ0) is 18.3. The van der Waals surface area contributed by atoms with E-state index in [9.17, 15) is 4.79 Å². The summed E-state index contributed by atoms with van der Waals surface area (Å²) >= 11 is 3.45. The number of carbonyl (C=O) groups excluding carboxylic acids is 1. The van der Waals surface area contributed by atoms with Crippen LogP contribution in [0.1, 0.15) is 50.8 Å². The van der Waals surface area contributed by atoms with Gasteiger partial charge in [-0.3, -0.25) is 4.98 Å². The molecule has 0 saturated heterocycles. The Bertz CT molecular complexity index is 666. The average Bonchev–Trinajstić information content (AvgIpc) is 2.54. The Kier molecular flexibility index (Phi) is 7.00. The van der Waals surface area contributed by atoms with Crippen molar-refractivity contribution in [2.75, 3.05) is 0 Å². The van der Waals surface area contributed by atoms with Crippen molar-refractivity contribution in [3.63, 3.8) is 0 Å². The molecule has 0 bridgehead atoms. The van der Waals surface area contributed by atoms with E-state index >= 15 is 0 Å². The van der Waals surface area contributed by atoms with E-state index in [-0.39, 0.29) is 12.1 Å². The van der Waals surface area contributed by atoms with Gasteiger partial charge in [0.2, 0.25) is 0 Å². The fourth-order valence-corrected chi connectivity index (χ4v) is 2.79. The van der Waals surface area contributed by atoms with Crippen LogP contribution in [0.3, 0.4) is 0 Å². The highest BCUT2D eigenvalue weighted by Crippen LogP contribution is 2.22. The third-order valence-electron chi connectivity index (χ3n) is 3.64. The summed E-state index contributed by atoms with van der Waals surface area (Å²) in [4.78, 5) is 16.3. The van der Waals surface area contributed by atoms with Crippen LogP contribution in [-0.4, -0.2) is 16.7 Å². The number of hydrogen-bond donors (Lipinski definition) is 1. The standard InChI is InChI=1S/C20H25BrN2O2/c1-20(2,3)25-19(24)23-18(16-9-11-17(21)12-10-16)8-4-6-15-7-5-13-22-14-15/h5,7,9-14,18H,4,6,8H2,1-3H3,(H,23,24)/t18-/m1/s1. The lowest BCUT2D eigenvalue weighted by atomic mass is 9.99. The predicted molar refractivity (Wildman–Crippen MR) is 103 cm³/mol. The molecule has 1 N–H and O–H groups in total. The number of halogens is 1. The zero-order valence-electron chi connectivity index (χ0n) is 15.0. The molecule has 0 fully saturated rings. The first kappa shape index (κ1) is 19.4. The molecule has 2 aromatic rings. The van der Waals surface area contributed by atoms with E-state index in [1.165, 1.54) is 5.56 Å². The van der Waals surface area contributed by atoms with Crippen molar-refractivity contribution < 1.29 is 9.53 Å². The molecule has 0 spiro atoms. The van der Waals surface area contributed by atoms with E-state index in [1.807, 2.05) is 57.3 Å². The summed E-state index contributed by atoms with van der Waals surface area (Å²) in [6.45, 7) is 5.59. The number of alkyl carbamates (subject to hydrolysis) is 1. The number of rotatable bonds is 6. The topological polar surface area (TPSA) is 51.2 Å². The van der Waals surface area contributed by atoms with Gasteiger partial charge in [-0.15, -0.1) is 0 Å². The normalized spacial score (nSPS) is 12.5. The fraction of sp³-hybridized carbons (Fsp3) is 0.400. The van der Waals surface area contributed by atoms with Crippen molar-refractivity contribution >= 4 is 22.0 Å². The molecule has 0 aliphatic heterocycles. The zero-order valence-corrected chi connectivity index (χ0v) is 16.5. The molecule has 1 amide bonds. The third-order valence-corrected chi connectivity index (χ3v) is 4.17. The van der Waals surface area contributed by atoms with Crippen LogP contribution in [0.25, 0.3) is 0 Å². The highest BCUT2D eigenvalue weighted by molar-refractivity contribution is 9.10. The number of amides is 1. The van der Waals surface area contributed by atoms with Crippen LogP contribution >= 0.6 is 15.9 Å². The molecular weight excluding hydrogens is 380 g/mol. The van der Waals surface area contributed by atoms with Gasteiger partial charge in [-0.1, -0.05) is 34.1 Å². The van der Waals surface area contributed by atoms with Gasteiger partial charge in [0.1, 0.15) is 5.60 Å².